The van der Waals surface area contributed by atoms with Gasteiger partial charge in [0.2, 0.25) is 0 Å². The molecule has 1 aliphatic heterocycles. The zero-order valence-corrected chi connectivity index (χ0v) is 11.6. The van der Waals surface area contributed by atoms with Crippen LogP contribution in [0.2, 0.25) is 0 Å². The third-order valence-electron chi connectivity index (χ3n) is 2.01. The van der Waals surface area contributed by atoms with Crippen LogP contribution >= 0.6 is 7.82 Å². The van der Waals surface area contributed by atoms with E-state index >= 15 is 0 Å². The van der Waals surface area contributed by atoms with E-state index in [9.17, 15) is 4.57 Å². The second-order valence-corrected chi connectivity index (χ2v) is 5.04. The fraction of sp³-hybridized carbons (Fsp3) is 1.00. The summed E-state index contributed by atoms with van der Waals surface area (Å²) in [4.78, 5) is 0. The van der Waals surface area contributed by atoms with Crippen molar-refractivity contribution >= 4 is 7.82 Å². The lowest BCUT2D eigenvalue weighted by atomic mass is 10.7. The van der Waals surface area contributed by atoms with Gasteiger partial charge in [0.15, 0.2) is 0 Å². The van der Waals surface area contributed by atoms with Gasteiger partial charge in [0, 0.05) is 6.61 Å². The van der Waals surface area contributed by atoms with Crippen molar-refractivity contribution in [3.05, 3.63) is 0 Å². The van der Waals surface area contributed by atoms with Crippen LogP contribution in [0, 0.1) is 0 Å². The number of phosphoric acid groups is 1. The molecule has 0 N–H and O–H groups in total. The number of hydrogen-bond donors (Lipinski definition) is 0. The molecule has 0 spiro atoms. The summed E-state index contributed by atoms with van der Waals surface area (Å²) in [5.74, 6) is 0. The second kappa shape index (κ2) is 9.86. The number of ether oxygens (including phenoxy) is 3. The topological polar surface area (TPSA) is 72.5 Å². The highest BCUT2D eigenvalue weighted by Crippen LogP contribution is 2.52. The molecule has 18 heavy (non-hydrogen) atoms. The molecule has 1 heterocycles. The monoisotopic (exact) mass is 284 g/mol. The molecule has 0 aromatic carbocycles. The standard InChI is InChI=1S/C10H21O7P/c1-2-12-3-4-13-5-6-14-7-8-15-18(11)16-9-10-17-18/h2-10H2,1H3. The van der Waals surface area contributed by atoms with Gasteiger partial charge in [-0.25, -0.2) is 4.57 Å². The van der Waals surface area contributed by atoms with Crippen LogP contribution in [-0.4, -0.2) is 59.5 Å². The second-order valence-electron chi connectivity index (χ2n) is 3.37. The minimum atomic E-state index is -3.27. The molecule has 7 nitrogen and oxygen atoms in total. The molecule has 0 radical (unpaired) electrons. The quantitative estimate of drug-likeness (QED) is 0.417. The van der Waals surface area contributed by atoms with Crippen molar-refractivity contribution in [3.8, 4) is 0 Å². The molecule has 1 aliphatic rings. The van der Waals surface area contributed by atoms with E-state index in [1.54, 1.807) is 0 Å². The van der Waals surface area contributed by atoms with Crippen LogP contribution in [0.3, 0.4) is 0 Å². The summed E-state index contributed by atoms with van der Waals surface area (Å²) in [6.07, 6.45) is 0. The Balaban J connectivity index is 1.80. The van der Waals surface area contributed by atoms with E-state index in [0.717, 1.165) is 0 Å². The summed E-state index contributed by atoms with van der Waals surface area (Å²) in [6, 6.07) is 0. The molecule has 108 valence electrons. The number of phosphoric ester groups is 1. The zero-order chi connectivity index (χ0) is 13.1. The Morgan fingerprint density at radius 3 is 1.94 bits per heavy atom. The molecule has 0 saturated carbocycles. The van der Waals surface area contributed by atoms with Crippen molar-refractivity contribution in [2.24, 2.45) is 0 Å². The molecule has 0 aromatic rings. The smallest absolute Gasteiger partial charge is 0.379 e. The molecule has 0 amide bonds. The van der Waals surface area contributed by atoms with E-state index in [1.165, 1.54) is 0 Å². The van der Waals surface area contributed by atoms with Gasteiger partial charge in [-0.05, 0) is 6.92 Å². The maximum atomic E-state index is 11.5. The minimum Gasteiger partial charge on any atom is -0.379 e. The Hall–Kier alpha value is -0.0100. The van der Waals surface area contributed by atoms with Gasteiger partial charge in [0.25, 0.3) is 0 Å². The van der Waals surface area contributed by atoms with Crippen LogP contribution in [0.1, 0.15) is 6.92 Å². The third kappa shape index (κ3) is 7.43. The summed E-state index contributed by atoms with van der Waals surface area (Å²) in [5, 5.41) is 0. The summed E-state index contributed by atoms with van der Waals surface area (Å²) in [7, 11) is -3.27. The predicted octanol–water partition coefficient (Wildman–Crippen LogP) is 1.23. The van der Waals surface area contributed by atoms with Crippen molar-refractivity contribution in [1.29, 1.82) is 0 Å². The predicted molar refractivity (Wildman–Crippen MR) is 63.6 cm³/mol. The molecule has 0 aliphatic carbocycles. The van der Waals surface area contributed by atoms with Gasteiger partial charge in [-0.2, -0.15) is 0 Å². The molecule has 8 heteroatoms. The lowest BCUT2D eigenvalue weighted by Crippen LogP contribution is -2.11. The molecule has 1 saturated heterocycles. The Morgan fingerprint density at radius 2 is 1.39 bits per heavy atom. The molecule has 0 bridgehead atoms. The molecule has 0 atom stereocenters. The first-order chi connectivity index (χ1) is 8.77. The maximum Gasteiger partial charge on any atom is 0.475 e. The normalized spacial score (nSPS) is 18.3. The van der Waals surface area contributed by atoms with E-state index in [2.05, 4.69) is 0 Å². The average molecular weight is 284 g/mol. The van der Waals surface area contributed by atoms with Gasteiger partial charge in [0.1, 0.15) is 0 Å². The first kappa shape index (κ1) is 16.0. The van der Waals surface area contributed by atoms with Gasteiger partial charge in [-0.15, -0.1) is 0 Å². The van der Waals surface area contributed by atoms with Crippen LogP contribution in [0.5, 0.6) is 0 Å². The summed E-state index contributed by atoms with van der Waals surface area (Å²) >= 11 is 0. The highest BCUT2D eigenvalue weighted by atomic mass is 31.2. The van der Waals surface area contributed by atoms with Gasteiger partial charge < -0.3 is 14.2 Å². The van der Waals surface area contributed by atoms with E-state index < -0.39 is 7.82 Å². The maximum absolute atomic E-state index is 11.5. The summed E-state index contributed by atoms with van der Waals surface area (Å²) < 4.78 is 41.7. The highest BCUT2D eigenvalue weighted by molar-refractivity contribution is 7.48. The first-order valence-electron chi connectivity index (χ1n) is 6.04. The Kier molecular flexibility index (Phi) is 8.79. The Labute approximate surface area is 107 Å². The van der Waals surface area contributed by atoms with Crippen LogP contribution < -0.4 is 0 Å². The minimum absolute atomic E-state index is 0.177. The van der Waals surface area contributed by atoms with Gasteiger partial charge in [0.05, 0.1) is 52.9 Å². The van der Waals surface area contributed by atoms with Crippen LogP contribution in [0.15, 0.2) is 0 Å². The van der Waals surface area contributed by atoms with E-state index in [0.29, 0.717) is 52.9 Å². The SMILES string of the molecule is CCOCCOCCOCCOP1(=O)OCCO1. The van der Waals surface area contributed by atoms with Crippen molar-refractivity contribution in [3.63, 3.8) is 0 Å². The molecule has 0 aromatic heterocycles. The van der Waals surface area contributed by atoms with Crippen molar-refractivity contribution < 1.29 is 32.3 Å². The van der Waals surface area contributed by atoms with E-state index in [4.69, 9.17) is 27.8 Å². The van der Waals surface area contributed by atoms with Crippen LogP contribution in [-0.2, 0) is 32.3 Å². The molecular weight excluding hydrogens is 263 g/mol. The fourth-order valence-electron chi connectivity index (χ4n) is 1.20. The van der Waals surface area contributed by atoms with Crippen molar-refractivity contribution in [2.75, 3.05) is 59.5 Å². The van der Waals surface area contributed by atoms with E-state index in [-0.39, 0.29) is 6.61 Å². The van der Waals surface area contributed by atoms with Crippen LogP contribution in [0.25, 0.3) is 0 Å². The molecule has 1 fully saturated rings. The number of hydrogen-bond acceptors (Lipinski definition) is 7. The largest absolute Gasteiger partial charge is 0.475 e. The first-order valence-corrected chi connectivity index (χ1v) is 7.50. The average Bonchev–Trinajstić information content (AvgIpc) is 2.79. The molecular formula is C10H21O7P. The Bertz CT molecular complexity index is 238. The summed E-state index contributed by atoms with van der Waals surface area (Å²) in [6.45, 7) is 5.87. The third-order valence-corrected chi connectivity index (χ3v) is 3.50. The molecule has 0 unspecified atom stereocenters. The van der Waals surface area contributed by atoms with Gasteiger partial charge >= 0.3 is 7.82 Å². The van der Waals surface area contributed by atoms with Gasteiger partial charge in [-0.1, -0.05) is 0 Å². The fourth-order valence-corrected chi connectivity index (χ4v) is 2.32. The molecule has 1 rings (SSSR count). The van der Waals surface area contributed by atoms with Gasteiger partial charge in [-0.3, -0.25) is 13.6 Å². The Morgan fingerprint density at radius 1 is 0.889 bits per heavy atom. The lowest BCUT2D eigenvalue weighted by Gasteiger charge is -2.10. The summed E-state index contributed by atoms with van der Waals surface area (Å²) in [5.41, 5.74) is 0. The van der Waals surface area contributed by atoms with Crippen LogP contribution in [0.4, 0.5) is 0 Å². The number of rotatable bonds is 11. The van der Waals surface area contributed by atoms with E-state index in [1.807, 2.05) is 6.92 Å². The highest BCUT2D eigenvalue weighted by Gasteiger charge is 2.31. The van der Waals surface area contributed by atoms with Crippen molar-refractivity contribution in [1.82, 2.24) is 0 Å². The zero-order valence-electron chi connectivity index (χ0n) is 10.7. The van der Waals surface area contributed by atoms with Crippen molar-refractivity contribution in [2.45, 2.75) is 6.92 Å². The lowest BCUT2D eigenvalue weighted by molar-refractivity contribution is 0.00939.